The van der Waals surface area contributed by atoms with E-state index >= 15 is 0 Å². The van der Waals surface area contributed by atoms with Crippen molar-refractivity contribution in [3.63, 3.8) is 0 Å². The van der Waals surface area contributed by atoms with E-state index < -0.39 is 0 Å². The van der Waals surface area contributed by atoms with Crippen LogP contribution in [0.15, 0.2) is 30.5 Å². The number of nitrogens with one attached hydrogen (secondary N) is 1. The lowest BCUT2D eigenvalue weighted by atomic mass is 10.0. The van der Waals surface area contributed by atoms with E-state index in [4.69, 9.17) is 0 Å². The van der Waals surface area contributed by atoms with Crippen molar-refractivity contribution in [1.29, 1.82) is 0 Å². The highest BCUT2D eigenvalue weighted by molar-refractivity contribution is 5.79. The Kier molecular flexibility index (Phi) is 2.01. The summed E-state index contributed by atoms with van der Waals surface area (Å²) in [4.78, 5) is 3.19. The number of aromatic amines is 1. The fourth-order valence-electron chi connectivity index (χ4n) is 1.62. The number of H-pyrrole nitrogens is 1. The molecule has 1 nitrogen and oxygen atoms in total. The highest BCUT2D eigenvalue weighted by Crippen LogP contribution is 2.17. The van der Waals surface area contributed by atoms with Gasteiger partial charge in [0.25, 0.3) is 0 Å². The molecular weight excluding hydrogens is 158 g/mol. The molecule has 0 saturated carbocycles. The number of rotatable bonds is 2. The zero-order valence-electron chi connectivity index (χ0n) is 8.09. The van der Waals surface area contributed by atoms with Gasteiger partial charge in [-0.3, -0.25) is 0 Å². The smallest absolute Gasteiger partial charge is 0.114 e. The van der Waals surface area contributed by atoms with E-state index in [0.717, 1.165) is 6.42 Å². The summed E-state index contributed by atoms with van der Waals surface area (Å²) in [5.74, 6) is 1.45. The molecule has 1 aromatic carbocycles. The summed E-state index contributed by atoms with van der Waals surface area (Å²) in [6.45, 7) is 4.34. The van der Waals surface area contributed by atoms with Gasteiger partial charge >= 0.3 is 0 Å². The van der Waals surface area contributed by atoms with Gasteiger partial charge in [-0.2, -0.15) is 0 Å². The molecule has 0 aliphatic heterocycles. The molecule has 0 aliphatic rings. The van der Waals surface area contributed by atoms with Gasteiger partial charge in [0, 0.05) is 11.7 Å². The third kappa shape index (κ3) is 1.69. The molecule has 0 aliphatic carbocycles. The Balaban J connectivity index is 2.37. The maximum atomic E-state index is 3.19. The molecule has 2 rings (SSSR count). The van der Waals surface area contributed by atoms with Crippen LogP contribution in [0.2, 0.25) is 0 Å². The third-order valence-corrected chi connectivity index (χ3v) is 2.18. The molecule has 0 fully saturated rings. The van der Waals surface area contributed by atoms with Crippen LogP contribution in [0.1, 0.15) is 19.4 Å². The van der Waals surface area contributed by atoms with E-state index in [1.165, 1.54) is 22.4 Å². The third-order valence-electron chi connectivity index (χ3n) is 2.18. The van der Waals surface area contributed by atoms with E-state index in [1.807, 2.05) is 6.20 Å². The standard InChI is InChI=1S/C12H14N/c1-9(2)7-10-3-4-12-11(8-10)5-6-13-12/h3-6,8,13H,7H2,1-2H3/q+1. The first kappa shape index (κ1) is 8.24. The maximum Gasteiger partial charge on any atom is 0.114 e. The quantitative estimate of drug-likeness (QED) is 0.669. The van der Waals surface area contributed by atoms with Gasteiger partial charge < -0.3 is 4.98 Å². The Labute approximate surface area is 78.8 Å². The van der Waals surface area contributed by atoms with Crippen molar-refractivity contribution in [3.8, 4) is 0 Å². The summed E-state index contributed by atoms with van der Waals surface area (Å²) in [5, 5.41) is 1.30. The molecule has 0 unspecified atom stereocenters. The van der Waals surface area contributed by atoms with Crippen LogP contribution in [0.4, 0.5) is 0 Å². The molecule has 0 radical (unpaired) electrons. The number of aromatic nitrogens is 1. The van der Waals surface area contributed by atoms with Gasteiger partial charge in [-0.05, 0) is 29.1 Å². The Morgan fingerprint density at radius 3 is 2.85 bits per heavy atom. The Hall–Kier alpha value is -1.37. The van der Waals surface area contributed by atoms with Crippen molar-refractivity contribution in [2.75, 3.05) is 0 Å². The fraction of sp³-hybridized carbons (Fsp3) is 0.250. The monoisotopic (exact) mass is 172 g/mol. The first-order chi connectivity index (χ1) is 6.25. The topological polar surface area (TPSA) is 15.8 Å². The minimum Gasteiger partial charge on any atom is -0.361 e. The second-order valence-corrected chi connectivity index (χ2v) is 3.78. The fourth-order valence-corrected chi connectivity index (χ4v) is 1.62. The molecule has 13 heavy (non-hydrogen) atoms. The summed E-state index contributed by atoms with van der Waals surface area (Å²) in [6, 6.07) is 8.70. The minimum atomic E-state index is 1.08. The summed E-state index contributed by atoms with van der Waals surface area (Å²) in [7, 11) is 0. The lowest BCUT2D eigenvalue weighted by molar-refractivity contribution is 0.959. The molecule has 2 aromatic rings. The number of hydrogen-bond donors (Lipinski definition) is 1. The van der Waals surface area contributed by atoms with Crippen LogP contribution in [-0.2, 0) is 6.42 Å². The predicted molar refractivity (Wildman–Crippen MR) is 56.6 cm³/mol. The lowest BCUT2D eigenvalue weighted by Crippen LogP contribution is -1.90. The minimum absolute atomic E-state index is 1.08. The molecule has 0 spiro atoms. The van der Waals surface area contributed by atoms with Crippen LogP contribution in [0.5, 0.6) is 0 Å². The van der Waals surface area contributed by atoms with Crippen molar-refractivity contribution in [1.82, 2.24) is 4.98 Å². The van der Waals surface area contributed by atoms with Crippen molar-refractivity contribution in [3.05, 3.63) is 41.9 Å². The van der Waals surface area contributed by atoms with Crippen molar-refractivity contribution < 1.29 is 0 Å². The number of fused-ring (bicyclic) bond motifs is 1. The lowest BCUT2D eigenvalue weighted by Gasteiger charge is -1.97. The van der Waals surface area contributed by atoms with E-state index in [1.54, 1.807) is 0 Å². The molecule has 1 heteroatoms. The highest BCUT2D eigenvalue weighted by Gasteiger charge is 2.06. The van der Waals surface area contributed by atoms with Gasteiger partial charge in [0.15, 0.2) is 0 Å². The van der Waals surface area contributed by atoms with Crippen molar-refractivity contribution in [2.24, 2.45) is 0 Å². The molecule has 66 valence electrons. The summed E-state index contributed by atoms with van der Waals surface area (Å²) >= 11 is 0. The van der Waals surface area contributed by atoms with Gasteiger partial charge in [0.05, 0.1) is 19.8 Å². The van der Waals surface area contributed by atoms with Crippen LogP contribution in [-0.4, -0.2) is 4.98 Å². The summed E-state index contributed by atoms with van der Waals surface area (Å²) in [5.41, 5.74) is 2.62. The van der Waals surface area contributed by atoms with Gasteiger partial charge in [-0.25, -0.2) is 0 Å². The van der Waals surface area contributed by atoms with E-state index in [9.17, 15) is 0 Å². The molecule has 1 aromatic heterocycles. The molecule has 0 amide bonds. The average Bonchev–Trinajstić information content (AvgIpc) is 2.49. The van der Waals surface area contributed by atoms with Crippen LogP contribution in [0.25, 0.3) is 10.9 Å². The van der Waals surface area contributed by atoms with Gasteiger partial charge in [0.1, 0.15) is 6.42 Å². The normalized spacial score (nSPS) is 10.6. The molecule has 0 saturated heterocycles. The van der Waals surface area contributed by atoms with Crippen molar-refractivity contribution >= 4 is 10.9 Å². The zero-order valence-corrected chi connectivity index (χ0v) is 8.09. The first-order valence-corrected chi connectivity index (χ1v) is 4.61. The molecule has 1 heterocycles. The van der Waals surface area contributed by atoms with E-state index in [2.05, 4.69) is 43.1 Å². The SMILES string of the molecule is C[C+](C)Cc1ccc2[nH]ccc2c1. The second kappa shape index (κ2) is 3.17. The highest BCUT2D eigenvalue weighted by atomic mass is 14.7. The van der Waals surface area contributed by atoms with Gasteiger partial charge in [-0.15, -0.1) is 0 Å². The number of benzene rings is 1. The van der Waals surface area contributed by atoms with Gasteiger partial charge in [-0.1, -0.05) is 6.07 Å². The molecule has 0 atom stereocenters. The van der Waals surface area contributed by atoms with Crippen LogP contribution >= 0.6 is 0 Å². The second-order valence-electron chi connectivity index (χ2n) is 3.78. The van der Waals surface area contributed by atoms with Crippen LogP contribution in [0.3, 0.4) is 0 Å². The van der Waals surface area contributed by atoms with Crippen LogP contribution in [0, 0.1) is 5.92 Å². The van der Waals surface area contributed by atoms with Gasteiger partial charge in [0.2, 0.25) is 0 Å². The first-order valence-electron chi connectivity index (χ1n) is 4.61. The van der Waals surface area contributed by atoms with Crippen molar-refractivity contribution in [2.45, 2.75) is 20.3 Å². The summed E-state index contributed by atoms with van der Waals surface area (Å²) in [6.07, 6.45) is 3.07. The average molecular weight is 172 g/mol. The maximum absolute atomic E-state index is 3.19. The molecule has 0 bridgehead atoms. The van der Waals surface area contributed by atoms with E-state index in [-0.39, 0.29) is 0 Å². The molecule has 1 N–H and O–H groups in total. The van der Waals surface area contributed by atoms with Crippen LogP contribution < -0.4 is 0 Å². The Morgan fingerprint density at radius 1 is 1.23 bits per heavy atom. The van der Waals surface area contributed by atoms with E-state index in [0.29, 0.717) is 0 Å². The zero-order chi connectivity index (χ0) is 9.26. The Bertz CT molecular complexity index is 398. The largest absolute Gasteiger partial charge is 0.361 e. The predicted octanol–water partition coefficient (Wildman–Crippen LogP) is 3.32. The molecular formula is C12H14N+. The summed E-state index contributed by atoms with van der Waals surface area (Å²) < 4.78 is 0. The Morgan fingerprint density at radius 2 is 2.08 bits per heavy atom. The number of hydrogen-bond acceptors (Lipinski definition) is 0.